The van der Waals surface area contributed by atoms with Gasteiger partial charge in [0, 0.05) is 5.92 Å². The van der Waals surface area contributed by atoms with Crippen molar-refractivity contribution in [3.8, 4) is 0 Å². The van der Waals surface area contributed by atoms with Crippen LogP contribution in [0.3, 0.4) is 0 Å². The van der Waals surface area contributed by atoms with E-state index in [1.165, 1.54) is 6.20 Å². The van der Waals surface area contributed by atoms with E-state index in [1.54, 1.807) is 6.92 Å². The number of aromatic nitrogens is 2. The number of aromatic amines is 1. The molecule has 0 bridgehead atoms. The van der Waals surface area contributed by atoms with Crippen LogP contribution >= 0.6 is 0 Å². The molecule has 1 aliphatic rings. The summed E-state index contributed by atoms with van der Waals surface area (Å²) in [6.45, 7) is 1.47. The number of amides is 1. The minimum atomic E-state index is -0.638. The van der Waals surface area contributed by atoms with Gasteiger partial charge in [-0.25, -0.2) is 4.98 Å². The first kappa shape index (κ1) is 13.4. The Hall–Kier alpha value is -2.02. The number of imidazole rings is 1. The van der Waals surface area contributed by atoms with Crippen LogP contribution in [-0.4, -0.2) is 39.0 Å². The zero-order valence-electron chi connectivity index (χ0n) is 10.7. The molecule has 1 fully saturated rings. The molecular weight excluding hydrogens is 246 g/mol. The molecule has 7 nitrogen and oxygen atoms in total. The van der Waals surface area contributed by atoms with Crippen LogP contribution in [0.2, 0.25) is 0 Å². The average Bonchev–Trinajstić information content (AvgIpc) is 3.16. The highest BCUT2D eigenvalue weighted by molar-refractivity contribution is 6.65. The maximum absolute atomic E-state index is 11.8. The van der Waals surface area contributed by atoms with Gasteiger partial charge < -0.3 is 20.8 Å². The number of nitrogens with zero attached hydrogens (tertiary/aromatic N) is 1. The summed E-state index contributed by atoms with van der Waals surface area (Å²) in [4.78, 5) is 18.8. The zero-order chi connectivity index (χ0) is 14.0. The largest absolute Gasteiger partial charge is 0.394 e. The molecule has 0 aliphatic heterocycles. The molecule has 1 aromatic heterocycles. The normalized spacial score (nSPS) is 15.9. The molecule has 1 aromatic rings. The molecule has 1 saturated carbocycles. The second-order valence-corrected chi connectivity index (χ2v) is 4.70. The Labute approximate surface area is 110 Å². The number of nitrogens with one attached hydrogen (secondary N) is 4. The minimum absolute atomic E-state index is 0.0558. The molecule has 102 valence electrons. The van der Waals surface area contributed by atoms with Crippen LogP contribution in [-0.2, 0) is 4.79 Å². The van der Waals surface area contributed by atoms with E-state index in [9.17, 15) is 9.90 Å². The molecule has 1 atom stereocenters. The molecule has 0 saturated heterocycles. The van der Waals surface area contributed by atoms with Gasteiger partial charge in [-0.15, -0.1) is 0 Å². The van der Waals surface area contributed by atoms with Gasteiger partial charge in [-0.3, -0.25) is 10.2 Å². The zero-order valence-corrected chi connectivity index (χ0v) is 10.7. The summed E-state index contributed by atoms with van der Waals surface area (Å²) >= 11 is 0. The fourth-order valence-corrected chi connectivity index (χ4v) is 1.77. The molecule has 0 aromatic carbocycles. The molecule has 1 amide bonds. The Morgan fingerprint density at radius 3 is 2.79 bits per heavy atom. The summed E-state index contributed by atoms with van der Waals surface area (Å²) in [7, 11) is 0. The predicted octanol–water partition coefficient (Wildman–Crippen LogP) is 0.317. The molecule has 5 N–H and O–H groups in total. The summed E-state index contributed by atoms with van der Waals surface area (Å²) in [6.07, 6.45) is 3.28. The first-order valence-corrected chi connectivity index (χ1v) is 6.13. The predicted molar refractivity (Wildman–Crippen MR) is 69.5 cm³/mol. The van der Waals surface area contributed by atoms with Crippen LogP contribution in [0.1, 0.15) is 30.4 Å². The van der Waals surface area contributed by atoms with E-state index < -0.39 is 11.9 Å². The summed E-state index contributed by atoms with van der Waals surface area (Å²) in [5, 5.41) is 27.2. The van der Waals surface area contributed by atoms with Gasteiger partial charge in [0.05, 0.1) is 30.3 Å². The highest BCUT2D eigenvalue weighted by Gasteiger charge is 2.32. The smallest absolute Gasteiger partial charge is 0.271 e. The number of H-pyrrole nitrogens is 1. The summed E-state index contributed by atoms with van der Waals surface area (Å²) in [5.41, 5.74) is 0.339. The number of aryl methyl sites for hydroxylation is 1. The standard InChI is InChI=1S/C12H17N5O2/c1-6-15-4-8(16-6)9(5-18)17-12(19)11(14)10(13)7-2-3-7/h4,7,9,13-14,18H,2-3,5H2,1H3,(H,15,16)(H,17,19). The number of aliphatic hydroxyl groups is 1. The van der Waals surface area contributed by atoms with Crippen LogP contribution in [0.5, 0.6) is 0 Å². The SMILES string of the molecule is Cc1ncc(C(CO)NC(=O)C(=N)C(=N)C2CC2)[nH]1. The number of aliphatic hydroxyl groups excluding tert-OH is 1. The first-order chi connectivity index (χ1) is 9.02. The van der Waals surface area contributed by atoms with E-state index in [0.717, 1.165) is 12.8 Å². The van der Waals surface area contributed by atoms with Crippen LogP contribution in [0.15, 0.2) is 6.20 Å². The van der Waals surface area contributed by atoms with Crippen molar-refractivity contribution in [2.24, 2.45) is 5.92 Å². The third-order valence-corrected chi connectivity index (χ3v) is 3.07. The van der Waals surface area contributed by atoms with Crippen molar-refractivity contribution in [1.82, 2.24) is 15.3 Å². The van der Waals surface area contributed by atoms with Gasteiger partial charge in [0.2, 0.25) is 0 Å². The van der Waals surface area contributed by atoms with Crippen molar-refractivity contribution in [3.05, 3.63) is 17.7 Å². The van der Waals surface area contributed by atoms with Gasteiger partial charge >= 0.3 is 0 Å². The van der Waals surface area contributed by atoms with Crippen molar-refractivity contribution in [2.45, 2.75) is 25.8 Å². The summed E-state index contributed by atoms with van der Waals surface area (Å²) in [6, 6.07) is -0.638. The Balaban J connectivity index is 1.99. The van der Waals surface area contributed by atoms with Crippen molar-refractivity contribution in [2.75, 3.05) is 6.61 Å². The third-order valence-electron chi connectivity index (χ3n) is 3.07. The lowest BCUT2D eigenvalue weighted by atomic mass is 10.1. The van der Waals surface area contributed by atoms with Gasteiger partial charge in [-0.05, 0) is 19.8 Å². The lowest BCUT2D eigenvalue weighted by Gasteiger charge is -2.15. The number of rotatable bonds is 6. The Kier molecular flexibility index (Phi) is 3.75. The second-order valence-electron chi connectivity index (χ2n) is 4.70. The fraction of sp³-hybridized carbons (Fsp3) is 0.500. The highest BCUT2D eigenvalue weighted by Crippen LogP contribution is 2.30. The van der Waals surface area contributed by atoms with Gasteiger partial charge in [-0.1, -0.05) is 0 Å². The van der Waals surface area contributed by atoms with E-state index in [1.807, 2.05) is 0 Å². The van der Waals surface area contributed by atoms with E-state index in [4.69, 9.17) is 10.8 Å². The van der Waals surface area contributed by atoms with Crippen molar-refractivity contribution in [1.29, 1.82) is 10.8 Å². The lowest BCUT2D eigenvalue weighted by molar-refractivity contribution is -0.115. The molecule has 1 unspecified atom stereocenters. The fourth-order valence-electron chi connectivity index (χ4n) is 1.77. The van der Waals surface area contributed by atoms with E-state index >= 15 is 0 Å². The van der Waals surface area contributed by atoms with Gasteiger partial charge in [0.15, 0.2) is 0 Å². The second kappa shape index (κ2) is 5.31. The Morgan fingerprint density at radius 1 is 1.63 bits per heavy atom. The van der Waals surface area contributed by atoms with Gasteiger partial charge in [-0.2, -0.15) is 0 Å². The third kappa shape index (κ3) is 3.05. The topological polar surface area (TPSA) is 126 Å². The van der Waals surface area contributed by atoms with Crippen LogP contribution < -0.4 is 5.32 Å². The van der Waals surface area contributed by atoms with Crippen LogP contribution in [0.4, 0.5) is 0 Å². The summed E-state index contributed by atoms with van der Waals surface area (Å²) in [5.74, 6) is 0.104. The Bertz CT molecular complexity index is 518. The Morgan fingerprint density at radius 2 is 2.32 bits per heavy atom. The van der Waals surface area contributed by atoms with Gasteiger partial charge in [0.1, 0.15) is 11.5 Å². The van der Waals surface area contributed by atoms with Crippen molar-refractivity contribution < 1.29 is 9.90 Å². The highest BCUT2D eigenvalue weighted by atomic mass is 16.3. The molecule has 1 aliphatic carbocycles. The van der Waals surface area contributed by atoms with Crippen LogP contribution in [0.25, 0.3) is 0 Å². The maximum Gasteiger partial charge on any atom is 0.271 e. The monoisotopic (exact) mass is 263 g/mol. The summed E-state index contributed by atoms with van der Waals surface area (Å²) < 4.78 is 0. The molecule has 1 heterocycles. The molecule has 19 heavy (non-hydrogen) atoms. The van der Waals surface area contributed by atoms with E-state index in [2.05, 4.69) is 15.3 Å². The van der Waals surface area contributed by atoms with Crippen molar-refractivity contribution in [3.63, 3.8) is 0 Å². The quantitative estimate of drug-likeness (QED) is 0.474. The first-order valence-electron chi connectivity index (χ1n) is 6.13. The molecule has 7 heteroatoms. The number of hydrogen-bond acceptors (Lipinski definition) is 5. The van der Waals surface area contributed by atoms with E-state index in [0.29, 0.717) is 11.5 Å². The molecule has 0 spiro atoms. The number of carbonyl (C=O) groups is 1. The molecule has 0 radical (unpaired) electrons. The maximum atomic E-state index is 11.8. The minimum Gasteiger partial charge on any atom is -0.394 e. The number of hydrogen-bond donors (Lipinski definition) is 5. The van der Waals surface area contributed by atoms with Crippen molar-refractivity contribution >= 4 is 17.3 Å². The van der Waals surface area contributed by atoms with E-state index in [-0.39, 0.29) is 23.9 Å². The average molecular weight is 263 g/mol. The van der Waals surface area contributed by atoms with Crippen LogP contribution in [0, 0.1) is 23.7 Å². The lowest BCUT2D eigenvalue weighted by Crippen LogP contribution is -2.39. The number of carbonyl (C=O) groups excluding carboxylic acids is 1. The molecule has 2 rings (SSSR count). The molecular formula is C12H17N5O2. The van der Waals surface area contributed by atoms with Gasteiger partial charge in [0.25, 0.3) is 5.91 Å².